The van der Waals surface area contributed by atoms with E-state index < -0.39 is 10.0 Å². The fourth-order valence-corrected chi connectivity index (χ4v) is 6.19. The van der Waals surface area contributed by atoms with Gasteiger partial charge in [0.1, 0.15) is 9.96 Å². The number of piperazine rings is 1. The number of ether oxygens (including phenoxy) is 1. The number of hydrogen-bond donors (Lipinski definition) is 2. The Bertz CT molecular complexity index is 1140. The predicted molar refractivity (Wildman–Crippen MR) is 126 cm³/mol. The Labute approximate surface area is 187 Å². The van der Waals surface area contributed by atoms with Gasteiger partial charge in [-0.25, -0.2) is 8.42 Å². The van der Waals surface area contributed by atoms with Crippen molar-refractivity contribution in [2.75, 3.05) is 29.8 Å². The molecule has 31 heavy (non-hydrogen) atoms. The third-order valence-electron chi connectivity index (χ3n) is 5.14. The number of aromatic nitrogens is 1. The highest BCUT2D eigenvalue weighted by Crippen LogP contribution is 2.35. The smallest absolute Gasteiger partial charge is 0.271 e. The second kappa shape index (κ2) is 8.86. The van der Waals surface area contributed by atoms with Crippen molar-refractivity contribution in [2.24, 2.45) is 0 Å². The van der Waals surface area contributed by atoms with Crippen LogP contribution in [0.3, 0.4) is 0 Å². The van der Waals surface area contributed by atoms with Gasteiger partial charge in [0, 0.05) is 53.7 Å². The Hall–Kier alpha value is -2.62. The fraction of sp³-hybridized carbons (Fsp3) is 0.318. The van der Waals surface area contributed by atoms with Crippen LogP contribution in [0.5, 0.6) is 5.75 Å². The van der Waals surface area contributed by atoms with Crippen LogP contribution in [0.4, 0.5) is 11.4 Å². The minimum atomic E-state index is -3.76. The summed E-state index contributed by atoms with van der Waals surface area (Å²) >= 11 is 1.21. The summed E-state index contributed by atoms with van der Waals surface area (Å²) in [5, 5.41) is 3.51. The molecule has 0 unspecified atom stereocenters. The van der Waals surface area contributed by atoms with Gasteiger partial charge in [-0.05, 0) is 50.2 Å². The van der Waals surface area contributed by atoms with Gasteiger partial charge in [0.05, 0.1) is 12.8 Å². The first-order valence-corrected chi connectivity index (χ1v) is 12.4. The number of nitrogens with zero attached hydrogens (tertiary/aromatic N) is 2. The minimum absolute atomic E-state index is 0.239. The Morgan fingerprint density at radius 2 is 1.94 bits per heavy atom. The van der Waals surface area contributed by atoms with E-state index in [0.29, 0.717) is 23.5 Å². The molecular formula is C22H26N4O3S2. The van der Waals surface area contributed by atoms with Gasteiger partial charge in [0.25, 0.3) is 10.0 Å². The van der Waals surface area contributed by atoms with Gasteiger partial charge >= 0.3 is 0 Å². The molecule has 2 N–H and O–H groups in total. The minimum Gasteiger partial charge on any atom is -0.495 e. The standard InChI is InChI=1S/C22H26N4O3S2/c1-15-13-26(14-16(2)24-15)18-6-7-20(29-3)19(11-18)25-31(27,28)22-9-8-21(30-22)17-5-4-10-23-12-17/h4-12,15-16,24-25H,13-14H2,1-3H3/t15-,16+. The second-order valence-corrected chi connectivity index (χ2v) is 10.7. The third-order valence-corrected chi connectivity index (χ3v) is 8.13. The fourth-order valence-electron chi connectivity index (χ4n) is 3.83. The Morgan fingerprint density at radius 3 is 2.61 bits per heavy atom. The van der Waals surface area contributed by atoms with E-state index in [9.17, 15) is 8.42 Å². The van der Waals surface area contributed by atoms with Gasteiger partial charge < -0.3 is 15.0 Å². The van der Waals surface area contributed by atoms with Crippen molar-refractivity contribution < 1.29 is 13.2 Å². The summed E-state index contributed by atoms with van der Waals surface area (Å²) < 4.78 is 34.6. The molecule has 1 saturated heterocycles. The molecule has 0 aliphatic carbocycles. The summed E-state index contributed by atoms with van der Waals surface area (Å²) in [7, 11) is -2.23. The van der Waals surface area contributed by atoms with Crippen LogP contribution in [0.15, 0.2) is 59.1 Å². The van der Waals surface area contributed by atoms with Crippen molar-refractivity contribution in [1.29, 1.82) is 0 Å². The number of rotatable bonds is 6. The summed E-state index contributed by atoms with van der Waals surface area (Å²) in [6.07, 6.45) is 3.41. The number of thiophene rings is 1. The number of hydrogen-bond acceptors (Lipinski definition) is 7. The molecule has 3 aromatic rings. The summed E-state index contributed by atoms with van der Waals surface area (Å²) in [5.74, 6) is 0.479. The summed E-state index contributed by atoms with van der Waals surface area (Å²) in [6, 6.07) is 13.5. The van der Waals surface area contributed by atoms with Gasteiger partial charge in [0.15, 0.2) is 0 Å². The molecule has 1 fully saturated rings. The lowest BCUT2D eigenvalue weighted by Crippen LogP contribution is -2.54. The van der Waals surface area contributed by atoms with Crippen molar-refractivity contribution in [3.63, 3.8) is 0 Å². The van der Waals surface area contributed by atoms with Crippen LogP contribution in [0.25, 0.3) is 10.4 Å². The van der Waals surface area contributed by atoms with E-state index in [1.54, 1.807) is 30.6 Å². The molecule has 3 heterocycles. The molecule has 1 aliphatic heterocycles. The Balaban J connectivity index is 1.61. The zero-order valence-corrected chi connectivity index (χ0v) is 19.3. The van der Waals surface area contributed by atoms with E-state index in [4.69, 9.17) is 4.74 Å². The van der Waals surface area contributed by atoms with E-state index in [1.165, 1.54) is 18.4 Å². The van der Waals surface area contributed by atoms with Crippen LogP contribution in [0.1, 0.15) is 13.8 Å². The molecule has 1 aliphatic rings. The van der Waals surface area contributed by atoms with Crippen molar-refractivity contribution in [1.82, 2.24) is 10.3 Å². The Kier molecular flexibility index (Phi) is 6.17. The van der Waals surface area contributed by atoms with Crippen LogP contribution in [-0.2, 0) is 10.0 Å². The van der Waals surface area contributed by atoms with E-state index in [2.05, 4.69) is 33.8 Å². The van der Waals surface area contributed by atoms with E-state index in [-0.39, 0.29) is 4.21 Å². The lowest BCUT2D eigenvalue weighted by Gasteiger charge is -2.38. The van der Waals surface area contributed by atoms with E-state index in [0.717, 1.165) is 29.2 Å². The van der Waals surface area contributed by atoms with Crippen LogP contribution >= 0.6 is 11.3 Å². The van der Waals surface area contributed by atoms with Crippen LogP contribution < -0.4 is 19.7 Å². The molecule has 9 heteroatoms. The van der Waals surface area contributed by atoms with Gasteiger partial charge in [-0.2, -0.15) is 0 Å². The second-order valence-electron chi connectivity index (χ2n) is 7.72. The quantitative estimate of drug-likeness (QED) is 0.585. The highest BCUT2D eigenvalue weighted by atomic mass is 32.2. The highest BCUT2D eigenvalue weighted by molar-refractivity contribution is 7.94. The van der Waals surface area contributed by atoms with Crippen LogP contribution in [0, 0.1) is 0 Å². The number of sulfonamides is 1. The molecule has 0 bridgehead atoms. The van der Waals surface area contributed by atoms with Gasteiger partial charge in [-0.3, -0.25) is 9.71 Å². The molecule has 164 valence electrons. The highest BCUT2D eigenvalue weighted by Gasteiger charge is 2.24. The lowest BCUT2D eigenvalue weighted by molar-refractivity contribution is 0.406. The first-order valence-electron chi connectivity index (χ1n) is 10.1. The molecule has 0 spiro atoms. The summed E-state index contributed by atoms with van der Waals surface area (Å²) in [5.41, 5.74) is 2.27. The predicted octanol–water partition coefficient (Wildman–Crippen LogP) is 3.81. The molecule has 2 atom stereocenters. The van der Waals surface area contributed by atoms with Gasteiger partial charge in [-0.1, -0.05) is 6.07 Å². The van der Waals surface area contributed by atoms with Crippen molar-refractivity contribution in [2.45, 2.75) is 30.1 Å². The first kappa shape index (κ1) is 21.6. The number of nitrogens with one attached hydrogen (secondary N) is 2. The number of anilines is 2. The normalized spacial score (nSPS) is 19.3. The SMILES string of the molecule is COc1ccc(N2C[C@@H](C)N[C@@H](C)C2)cc1NS(=O)(=O)c1ccc(-c2cccnc2)s1. The van der Waals surface area contributed by atoms with Crippen molar-refractivity contribution in [3.05, 3.63) is 54.9 Å². The first-order chi connectivity index (χ1) is 14.9. The number of benzene rings is 1. The third kappa shape index (κ3) is 4.84. The largest absolute Gasteiger partial charge is 0.495 e. The zero-order chi connectivity index (χ0) is 22.0. The van der Waals surface area contributed by atoms with Crippen molar-refractivity contribution in [3.8, 4) is 16.2 Å². The van der Waals surface area contributed by atoms with E-state index >= 15 is 0 Å². The van der Waals surface area contributed by atoms with Crippen LogP contribution in [0.2, 0.25) is 0 Å². The average Bonchev–Trinajstić information content (AvgIpc) is 3.25. The lowest BCUT2D eigenvalue weighted by atomic mass is 10.1. The van der Waals surface area contributed by atoms with Gasteiger partial charge in [0.2, 0.25) is 0 Å². The maximum atomic E-state index is 13.1. The van der Waals surface area contributed by atoms with Gasteiger partial charge in [-0.15, -0.1) is 11.3 Å². The Morgan fingerprint density at radius 1 is 1.16 bits per heavy atom. The van der Waals surface area contributed by atoms with E-state index in [1.807, 2.05) is 24.3 Å². The number of methoxy groups -OCH3 is 1. The molecule has 4 rings (SSSR count). The maximum Gasteiger partial charge on any atom is 0.271 e. The maximum absolute atomic E-state index is 13.1. The molecule has 1 aromatic carbocycles. The molecule has 2 aromatic heterocycles. The molecule has 0 amide bonds. The molecular weight excluding hydrogens is 432 g/mol. The van der Waals surface area contributed by atoms with Crippen molar-refractivity contribution >= 4 is 32.7 Å². The molecule has 0 radical (unpaired) electrons. The monoisotopic (exact) mass is 458 g/mol. The zero-order valence-electron chi connectivity index (χ0n) is 17.7. The molecule has 0 saturated carbocycles. The summed E-state index contributed by atoms with van der Waals surface area (Å²) in [6.45, 7) is 5.99. The topological polar surface area (TPSA) is 83.6 Å². The van der Waals surface area contributed by atoms with Crippen LogP contribution in [-0.4, -0.2) is 45.7 Å². The summed E-state index contributed by atoms with van der Waals surface area (Å²) in [4.78, 5) is 7.21. The molecule has 7 nitrogen and oxygen atoms in total. The number of pyridine rings is 1. The average molecular weight is 459 g/mol.